The van der Waals surface area contributed by atoms with Gasteiger partial charge in [0.05, 0.1) is 6.04 Å². The van der Waals surface area contributed by atoms with E-state index in [1.807, 2.05) is 44.2 Å². The summed E-state index contributed by atoms with van der Waals surface area (Å²) in [5.74, 6) is -0.799. The zero-order valence-corrected chi connectivity index (χ0v) is 14.7. The predicted molar refractivity (Wildman–Crippen MR) is 90.0 cm³/mol. The number of rotatable bonds is 5. The van der Waals surface area contributed by atoms with Crippen molar-refractivity contribution >= 4 is 39.1 Å². The summed E-state index contributed by atoms with van der Waals surface area (Å²) in [5, 5.41) is 2.81. The molecule has 0 aliphatic heterocycles. The van der Waals surface area contributed by atoms with Crippen LogP contribution in [-0.4, -0.2) is 18.5 Å². The number of nitrogens with one attached hydrogen (secondary N) is 1. The fourth-order valence-corrected chi connectivity index (χ4v) is 3.32. The van der Waals surface area contributed by atoms with Crippen LogP contribution in [0, 0.1) is 6.92 Å². The second-order valence-corrected chi connectivity index (χ2v) is 6.94. The highest BCUT2D eigenvalue weighted by Gasteiger charge is 2.15. The van der Waals surface area contributed by atoms with E-state index in [4.69, 9.17) is 4.74 Å². The van der Waals surface area contributed by atoms with Crippen LogP contribution in [0.5, 0.6) is 0 Å². The molecule has 0 radical (unpaired) electrons. The fourth-order valence-electron chi connectivity index (χ4n) is 1.93. The first kappa shape index (κ1) is 16.7. The SMILES string of the molecule is Cc1ccc(C(=O)OCC(=O)N[C@H](C)c2ccccc2Br)s1. The molecule has 6 heteroatoms. The molecule has 0 saturated heterocycles. The molecule has 1 atom stereocenters. The molecule has 116 valence electrons. The summed E-state index contributed by atoms with van der Waals surface area (Å²) in [5.41, 5.74) is 0.969. The number of thiophene rings is 1. The molecule has 1 heterocycles. The Hall–Kier alpha value is -1.66. The molecule has 0 aliphatic carbocycles. The van der Waals surface area contributed by atoms with Crippen LogP contribution >= 0.6 is 27.3 Å². The van der Waals surface area contributed by atoms with E-state index < -0.39 is 5.97 Å². The molecule has 2 aromatic rings. The molecule has 1 amide bonds. The minimum atomic E-state index is -0.471. The second-order valence-electron chi connectivity index (χ2n) is 4.80. The number of aryl methyl sites for hydroxylation is 1. The third-order valence-electron chi connectivity index (χ3n) is 3.03. The van der Waals surface area contributed by atoms with Gasteiger partial charge in [-0.25, -0.2) is 4.79 Å². The van der Waals surface area contributed by atoms with Gasteiger partial charge in [0.15, 0.2) is 6.61 Å². The predicted octanol–water partition coefficient (Wildman–Crippen LogP) is 3.85. The van der Waals surface area contributed by atoms with Crippen LogP contribution in [0.2, 0.25) is 0 Å². The standard InChI is InChI=1S/C16H16BrNO3S/c1-10-7-8-14(22-10)16(20)21-9-15(19)18-11(2)12-5-3-4-6-13(12)17/h3-8,11H,9H2,1-2H3,(H,18,19)/t11-/m1/s1. The lowest BCUT2D eigenvalue weighted by Gasteiger charge is -2.15. The van der Waals surface area contributed by atoms with Gasteiger partial charge in [-0.1, -0.05) is 34.1 Å². The summed E-state index contributed by atoms with van der Waals surface area (Å²) < 4.78 is 5.94. The summed E-state index contributed by atoms with van der Waals surface area (Å²) in [6.07, 6.45) is 0. The van der Waals surface area contributed by atoms with Crippen molar-refractivity contribution in [3.05, 3.63) is 56.2 Å². The minimum absolute atomic E-state index is 0.175. The van der Waals surface area contributed by atoms with Crippen LogP contribution in [0.15, 0.2) is 40.9 Å². The van der Waals surface area contributed by atoms with Crippen LogP contribution in [0.4, 0.5) is 0 Å². The molecule has 22 heavy (non-hydrogen) atoms. The van der Waals surface area contributed by atoms with Gasteiger partial charge in [-0.05, 0) is 37.6 Å². The quantitative estimate of drug-likeness (QED) is 0.800. The van der Waals surface area contributed by atoms with Crippen molar-refractivity contribution in [2.75, 3.05) is 6.61 Å². The second kappa shape index (κ2) is 7.56. The fraction of sp³-hybridized carbons (Fsp3) is 0.250. The van der Waals surface area contributed by atoms with Gasteiger partial charge in [0.25, 0.3) is 5.91 Å². The van der Waals surface area contributed by atoms with Gasteiger partial charge >= 0.3 is 5.97 Å². The number of hydrogen-bond acceptors (Lipinski definition) is 4. The van der Waals surface area contributed by atoms with Gasteiger partial charge in [0, 0.05) is 9.35 Å². The van der Waals surface area contributed by atoms with E-state index in [0.717, 1.165) is 14.9 Å². The highest BCUT2D eigenvalue weighted by atomic mass is 79.9. The molecule has 1 aromatic carbocycles. The van der Waals surface area contributed by atoms with Crippen LogP contribution in [0.3, 0.4) is 0 Å². The number of benzene rings is 1. The van der Waals surface area contributed by atoms with E-state index in [1.165, 1.54) is 11.3 Å². The van der Waals surface area contributed by atoms with Crippen LogP contribution in [0.25, 0.3) is 0 Å². The maximum absolute atomic E-state index is 11.9. The molecular formula is C16H16BrNO3S. The molecule has 0 fully saturated rings. The van der Waals surface area contributed by atoms with Crippen molar-refractivity contribution in [1.29, 1.82) is 0 Å². The third-order valence-corrected chi connectivity index (χ3v) is 4.73. The number of halogens is 1. The number of ether oxygens (including phenoxy) is 1. The Labute approximate surface area is 141 Å². The van der Waals surface area contributed by atoms with Gasteiger partial charge in [-0.2, -0.15) is 0 Å². The molecule has 0 bridgehead atoms. The summed E-state index contributed by atoms with van der Waals surface area (Å²) in [6.45, 7) is 3.50. The Morgan fingerprint density at radius 1 is 1.27 bits per heavy atom. The minimum Gasteiger partial charge on any atom is -0.451 e. The van der Waals surface area contributed by atoms with E-state index in [9.17, 15) is 9.59 Å². The molecular weight excluding hydrogens is 366 g/mol. The Kier molecular flexibility index (Phi) is 5.74. The Bertz CT molecular complexity index is 684. The monoisotopic (exact) mass is 381 g/mol. The first-order chi connectivity index (χ1) is 10.5. The lowest BCUT2D eigenvalue weighted by molar-refractivity contribution is -0.124. The van der Waals surface area contributed by atoms with Gasteiger partial charge < -0.3 is 10.1 Å². The zero-order chi connectivity index (χ0) is 16.1. The molecule has 4 nitrogen and oxygen atoms in total. The van der Waals surface area contributed by atoms with Gasteiger partial charge in [-0.15, -0.1) is 11.3 Å². The normalized spacial score (nSPS) is 11.8. The average molecular weight is 382 g/mol. The summed E-state index contributed by atoms with van der Waals surface area (Å²) in [6, 6.07) is 11.0. The lowest BCUT2D eigenvalue weighted by atomic mass is 10.1. The molecule has 1 N–H and O–H groups in total. The topological polar surface area (TPSA) is 55.4 Å². The first-order valence-corrected chi connectivity index (χ1v) is 8.35. The highest BCUT2D eigenvalue weighted by molar-refractivity contribution is 9.10. The lowest BCUT2D eigenvalue weighted by Crippen LogP contribution is -2.31. The van der Waals surface area contributed by atoms with E-state index in [2.05, 4.69) is 21.2 Å². The van der Waals surface area contributed by atoms with E-state index in [0.29, 0.717) is 4.88 Å². The summed E-state index contributed by atoms with van der Waals surface area (Å²) >= 11 is 4.79. The van der Waals surface area contributed by atoms with E-state index >= 15 is 0 Å². The van der Waals surface area contributed by atoms with Crippen molar-refractivity contribution in [2.45, 2.75) is 19.9 Å². The van der Waals surface area contributed by atoms with Crippen LogP contribution in [-0.2, 0) is 9.53 Å². The molecule has 0 saturated carbocycles. The highest BCUT2D eigenvalue weighted by Crippen LogP contribution is 2.22. The molecule has 1 aromatic heterocycles. The van der Waals surface area contributed by atoms with Crippen molar-refractivity contribution in [2.24, 2.45) is 0 Å². The summed E-state index contributed by atoms with van der Waals surface area (Å²) in [4.78, 5) is 25.2. The van der Waals surface area contributed by atoms with Gasteiger partial charge in [0.2, 0.25) is 0 Å². The maximum atomic E-state index is 11.9. The Balaban J connectivity index is 1.85. The number of amides is 1. The smallest absolute Gasteiger partial charge is 0.348 e. The Morgan fingerprint density at radius 3 is 2.64 bits per heavy atom. The van der Waals surface area contributed by atoms with Crippen LogP contribution in [0.1, 0.15) is 33.1 Å². The molecule has 0 aliphatic rings. The van der Waals surface area contributed by atoms with E-state index in [1.54, 1.807) is 6.07 Å². The van der Waals surface area contributed by atoms with Crippen molar-refractivity contribution in [1.82, 2.24) is 5.32 Å². The third kappa shape index (κ3) is 4.42. The number of carbonyl (C=O) groups excluding carboxylic acids is 2. The average Bonchev–Trinajstić information content (AvgIpc) is 2.91. The molecule has 2 rings (SSSR count). The van der Waals surface area contributed by atoms with Crippen molar-refractivity contribution in [3.63, 3.8) is 0 Å². The Morgan fingerprint density at radius 2 is 2.00 bits per heavy atom. The first-order valence-electron chi connectivity index (χ1n) is 6.74. The zero-order valence-electron chi connectivity index (χ0n) is 12.3. The summed E-state index contributed by atoms with van der Waals surface area (Å²) in [7, 11) is 0. The molecule has 0 spiro atoms. The van der Waals surface area contributed by atoms with E-state index in [-0.39, 0.29) is 18.6 Å². The van der Waals surface area contributed by atoms with Crippen LogP contribution < -0.4 is 5.32 Å². The van der Waals surface area contributed by atoms with Gasteiger partial charge in [0.1, 0.15) is 4.88 Å². The van der Waals surface area contributed by atoms with Crippen molar-refractivity contribution < 1.29 is 14.3 Å². The maximum Gasteiger partial charge on any atom is 0.348 e. The number of carbonyl (C=O) groups is 2. The number of hydrogen-bond donors (Lipinski definition) is 1. The van der Waals surface area contributed by atoms with Gasteiger partial charge in [-0.3, -0.25) is 4.79 Å². The number of esters is 1. The largest absolute Gasteiger partial charge is 0.451 e. The van der Waals surface area contributed by atoms with Crippen molar-refractivity contribution in [3.8, 4) is 0 Å². The molecule has 0 unspecified atom stereocenters.